The molecule has 0 saturated carbocycles. The van der Waals surface area contributed by atoms with Crippen molar-refractivity contribution in [1.29, 1.82) is 0 Å². The lowest BCUT2D eigenvalue weighted by Gasteiger charge is -2.19. The second-order valence-electron chi connectivity index (χ2n) is 6.93. The molecule has 1 amide bonds. The molecule has 1 N–H and O–H groups in total. The summed E-state index contributed by atoms with van der Waals surface area (Å²) < 4.78 is 25.8. The zero-order chi connectivity index (χ0) is 21.4. The number of unbranched alkanes of at least 4 members (excludes halogenated alkanes) is 3. The number of amides is 1. The number of rotatable bonds is 11. The molecule has 1 heterocycles. The standard InChI is InChI=1S/C20H29N3O3S3/c1-4-5-6-7-12-22(3)17-10-8-16(9-11-17)15-18-19(24)23(20(27)28-18)13-14-29(25,26)21-2/h8-11,15,21H,4-7,12-14H2,1-3H3. The molecule has 0 aromatic heterocycles. The second kappa shape index (κ2) is 11.1. The molecule has 0 bridgehead atoms. The number of hydrogen-bond donors (Lipinski definition) is 1. The fourth-order valence-corrected chi connectivity index (χ4v) is 4.82. The lowest BCUT2D eigenvalue weighted by atomic mass is 10.1. The van der Waals surface area contributed by atoms with Crippen molar-refractivity contribution in [3.63, 3.8) is 0 Å². The van der Waals surface area contributed by atoms with E-state index in [4.69, 9.17) is 12.2 Å². The largest absolute Gasteiger partial charge is 0.375 e. The quantitative estimate of drug-likeness (QED) is 0.313. The predicted molar refractivity (Wildman–Crippen MR) is 127 cm³/mol. The summed E-state index contributed by atoms with van der Waals surface area (Å²) in [7, 11) is 0.0513. The van der Waals surface area contributed by atoms with Gasteiger partial charge >= 0.3 is 0 Å². The summed E-state index contributed by atoms with van der Waals surface area (Å²) in [6.07, 6.45) is 6.73. The minimum absolute atomic E-state index is 0.0486. The van der Waals surface area contributed by atoms with Gasteiger partial charge in [-0.1, -0.05) is 62.3 Å². The van der Waals surface area contributed by atoms with E-state index in [0.29, 0.717) is 9.23 Å². The van der Waals surface area contributed by atoms with E-state index < -0.39 is 10.0 Å². The van der Waals surface area contributed by atoms with Gasteiger partial charge in [0.2, 0.25) is 10.0 Å². The van der Waals surface area contributed by atoms with Crippen LogP contribution in [0.4, 0.5) is 5.69 Å². The van der Waals surface area contributed by atoms with Gasteiger partial charge in [-0.2, -0.15) is 0 Å². The Morgan fingerprint density at radius 1 is 1.21 bits per heavy atom. The van der Waals surface area contributed by atoms with Crippen LogP contribution in [-0.2, 0) is 14.8 Å². The molecule has 1 aliphatic rings. The minimum Gasteiger partial charge on any atom is -0.375 e. The third-order valence-electron chi connectivity index (χ3n) is 4.75. The van der Waals surface area contributed by atoms with Gasteiger partial charge in [0.15, 0.2) is 0 Å². The maximum Gasteiger partial charge on any atom is 0.266 e. The number of thioether (sulfide) groups is 1. The Labute approximate surface area is 183 Å². The average Bonchev–Trinajstić information content (AvgIpc) is 2.97. The summed E-state index contributed by atoms with van der Waals surface area (Å²) in [6, 6.07) is 8.06. The van der Waals surface area contributed by atoms with Gasteiger partial charge in [0.25, 0.3) is 5.91 Å². The molecule has 29 heavy (non-hydrogen) atoms. The Bertz CT molecular complexity index is 851. The van der Waals surface area contributed by atoms with Crippen molar-refractivity contribution in [1.82, 2.24) is 9.62 Å². The SMILES string of the molecule is CCCCCCN(C)c1ccc(C=C2SC(=S)N(CCS(=O)(=O)NC)C2=O)cc1. The van der Waals surface area contributed by atoms with Crippen LogP contribution in [0.15, 0.2) is 29.2 Å². The maximum atomic E-state index is 12.6. The summed E-state index contributed by atoms with van der Waals surface area (Å²) in [5.41, 5.74) is 2.06. The highest BCUT2D eigenvalue weighted by Gasteiger charge is 2.32. The molecule has 0 spiro atoms. The van der Waals surface area contributed by atoms with E-state index in [1.807, 2.05) is 24.3 Å². The Balaban J connectivity index is 1.99. The lowest BCUT2D eigenvalue weighted by molar-refractivity contribution is -0.121. The fourth-order valence-electron chi connectivity index (χ4n) is 2.89. The van der Waals surface area contributed by atoms with Crippen LogP contribution in [0.25, 0.3) is 6.08 Å². The average molecular weight is 456 g/mol. The van der Waals surface area contributed by atoms with Crippen LogP contribution in [0, 0.1) is 0 Å². The molecular weight excluding hydrogens is 426 g/mol. The molecule has 0 unspecified atom stereocenters. The van der Waals surface area contributed by atoms with Crippen molar-refractivity contribution in [2.24, 2.45) is 0 Å². The van der Waals surface area contributed by atoms with Gasteiger partial charge in [0, 0.05) is 25.8 Å². The maximum absolute atomic E-state index is 12.6. The molecule has 1 aliphatic heterocycles. The van der Waals surface area contributed by atoms with Crippen molar-refractivity contribution in [2.75, 3.05) is 37.8 Å². The zero-order valence-corrected chi connectivity index (χ0v) is 19.6. The van der Waals surface area contributed by atoms with E-state index in [0.717, 1.165) is 17.8 Å². The number of benzene rings is 1. The molecule has 9 heteroatoms. The monoisotopic (exact) mass is 455 g/mol. The van der Waals surface area contributed by atoms with E-state index >= 15 is 0 Å². The highest BCUT2D eigenvalue weighted by Crippen LogP contribution is 2.32. The topological polar surface area (TPSA) is 69.7 Å². The number of thiocarbonyl (C=S) groups is 1. The lowest BCUT2D eigenvalue weighted by Crippen LogP contribution is -2.35. The van der Waals surface area contributed by atoms with Crippen molar-refractivity contribution >= 4 is 56.0 Å². The first-order chi connectivity index (χ1) is 13.8. The number of carbonyl (C=O) groups excluding carboxylic acids is 1. The number of carbonyl (C=O) groups is 1. The summed E-state index contributed by atoms with van der Waals surface area (Å²) in [4.78, 5) is 16.7. The molecule has 1 aromatic carbocycles. The molecule has 160 valence electrons. The molecule has 6 nitrogen and oxygen atoms in total. The third kappa shape index (κ3) is 7.09. The van der Waals surface area contributed by atoms with Crippen molar-refractivity contribution < 1.29 is 13.2 Å². The number of hydrogen-bond acceptors (Lipinski definition) is 6. The number of sulfonamides is 1. The summed E-state index contributed by atoms with van der Waals surface area (Å²) in [6.45, 7) is 3.28. The molecule has 2 rings (SSSR count). The van der Waals surface area contributed by atoms with Gasteiger partial charge in [-0.05, 0) is 37.2 Å². The highest BCUT2D eigenvalue weighted by atomic mass is 32.2. The fraction of sp³-hybridized carbons (Fsp3) is 0.500. The highest BCUT2D eigenvalue weighted by molar-refractivity contribution is 8.26. The summed E-state index contributed by atoms with van der Waals surface area (Å²) in [5.74, 6) is -0.425. The smallest absolute Gasteiger partial charge is 0.266 e. The van der Waals surface area contributed by atoms with Crippen LogP contribution < -0.4 is 9.62 Å². The first-order valence-corrected chi connectivity index (χ1v) is 12.6. The molecule has 0 aliphatic carbocycles. The summed E-state index contributed by atoms with van der Waals surface area (Å²) in [5, 5.41) is 0. The van der Waals surface area contributed by atoms with Gasteiger partial charge in [0.05, 0.1) is 10.7 Å². The molecule has 1 aromatic rings. The van der Waals surface area contributed by atoms with Crippen molar-refractivity contribution in [3.05, 3.63) is 34.7 Å². The predicted octanol–water partition coefficient (Wildman–Crippen LogP) is 3.45. The first kappa shape index (κ1) is 23.9. The van der Waals surface area contributed by atoms with E-state index in [-0.39, 0.29) is 18.2 Å². The van der Waals surface area contributed by atoms with Crippen molar-refractivity contribution in [3.8, 4) is 0 Å². The van der Waals surface area contributed by atoms with Gasteiger partial charge in [-0.25, -0.2) is 13.1 Å². The van der Waals surface area contributed by atoms with Gasteiger partial charge < -0.3 is 4.90 Å². The third-order valence-corrected chi connectivity index (χ3v) is 7.47. The Morgan fingerprint density at radius 2 is 1.90 bits per heavy atom. The van der Waals surface area contributed by atoms with Crippen LogP contribution in [0.2, 0.25) is 0 Å². The van der Waals surface area contributed by atoms with Crippen molar-refractivity contribution in [2.45, 2.75) is 32.6 Å². The van der Waals surface area contributed by atoms with Crippen LogP contribution >= 0.6 is 24.0 Å². The molecule has 1 fully saturated rings. The molecule has 1 saturated heterocycles. The van der Waals surface area contributed by atoms with Gasteiger partial charge in [-0.3, -0.25) is 9.69 Å². The molecular formula is C20H29N3O3S3. The van der Waals surface area contributed by atoms with E-state index in [2.05, 4.69) is 23.6 Å². The van der Waals surface area contributed by atoms with Gasteiger partial charge in [0.1, 0.15) is 4.32 Å². The zero-order valence-electron chi connectivity index (χ0n) is 17.2. The Morgan fingerprint density at radius 3 is 2.52 bits per heavy atom. The molecule has 0 atom stereocenters. The number of anilines is 1. The summed E-state index contributed by atoms with van der Waals surface area (Å²) >= 11 is 6.46. The number of nitrogens with one attached hydrogen (secondary N) is 1. The second-order valence-corrected chi connectivity index (χ2v) is 10.7. The Kier molecular flexibility index (Phi) is 9.13. The van der Waals surface area contributed by atoms with Crippen LogP contribution in [0.1, 0.15) is 38.2 Å². The van der Waals surface area contributed by atoms with E-state index in [9.17, 15) is 13.2 Å². The first-order valence-electron chi connectivity index (χ1n) is 9.75. The Hall–Kier alpha value is -1.42. The van der Waals surface area contributed by atoms with Gasteiger partial charge in [-0.15, -0.1) is 0 Å². The number of nitrogens with zero attached hydrogens (tertiary/aromatic N) is 2. The normalized spacial score (nSPS) is 16.1. The minimum atomic E-state index is -3.39. The van der Waals surface area contributed by atoms with Crippen LogP contribution in [-0.4, -0.2) is 56.5 Å². The van der Waals surface area contributed by atoms with E-state index in [1.165, 1.54) is 49.4 Å². The van der Waals surface area contributed by atoms with E-state index in [1.54, 1.807) is 6.08 Å². The van der Waals surface area contributed by atoms with Crippen LogP contribution in [0.5, 0.6) is 0 Å². The molecule has 0 radical (unpaired) electrons. The van der Waals surface area contributed by atoms with Crippen LogP contribution in [0.3, 0.4) is 0 Å².